The summed E-state index contributed by atoms with van der Waals surface area (Å²) < 4.78 is 37.8. The molecular weight excluding hydrogens is 269 g/mol. The van der Waals surface area contributed by atoms with E-state index in [1.54, 1.807) is 0 Å². The molecule has 1 aromatic rings. The second kappa shape index (κ2) is 6.56. The Bertz CT molecular complexity index is 431. The van der Waals surface area contributed by atoms with Gasteiger partial charge in [0.15, 0.2) is 0 Å². The number of halogens is 3. The second-order valence-electron chi connectivity index (χ2n) is 5.05. The molecule has 1 unspecified atom stereocenters. The van der Waals surface area contributed by atoms with Gasteiger partial charge in [0.1, 0.15) is 0 Å². The van der Waals surface area contributed by atoms with Crippen LogP contribution in [0.2, 0.25) is 0 Å². The predicted octanol–water partition coefficient (Wildman–Crippen LogP) is 2.73. The van der Waals surface area contributed by atoms with Crippen molar-refractivity contribution in [2.24, 2.45) is 0 Å². The number of piperidine rings is 1. The molecule has 1 heterocycles. The van der Waals surface area contributed by atoms with Crippen molar-refractivity contribution in [2.75, 3.05) is 19.6 Å². The fourth-order valence-corrected chi connectivity index (χ4v) is 2.31. The summed E-state index contributed by atoms with van der Waals surface area (Å²) in [6, 6.07) is 4.84. The summed E-state index contributed by atoms with van der Waals surface area (Å²) >= 11 is 0. The highest BCUT2D eigenvalue weighted by atomic mass is 19.4. The van der Waals surface area contributed by atoms with Crippen molar-refractivity contribution in [2.45, 2.75) is 31.5 Å². The van der Waals surface area contributed by atoms with Crippen molar-refractivity contribution in [3.05, 3.63) is 35.4 Å². The van der Waals surface area contributed by atoms with E-state index in [0.29, 0.717) is 0 Å². The van der Waals surface area contributed by atoms with E-state index >= 15 is 0 Å². The van der Waals surface area contributed by atoms with Crippen LogP contribution in [-0.2, 0) is 6.18 Å². The van der Waals surface area contributed by atoms with Gasteiger partial charge in [0.2, 0.25) is 0 Å². The minimum atomic E-state index is -4.38. The molecule has 0 aromatic heterocycles. The molecule has 0 saturated carbocycles. The van der Waals surface area contributed by atoms with Gasteiger partial charge in [-0.15, -0.1) is 0 Å². The van der Waals surface area contributed by atoms with E-state index in [-0.39, 0.29) is 12.1 Å². The quantitative estimate of drug-likeness (QED) is 0.894. The molecule has 20 heavy (non-hydrogen) atoms. The van der Waals surface area contributed by atoms with E-state index in [1.165, 1.54) is 18.6 Å². The van der Waals surface area contributed by atoms with Gasteiger partial charge in [-0.1, -0.05) is 18.6 Å². The van der Waals surface area contributed by atoms with Crippen LogP contribution in [0.1, 0.15) is 36.5 Å². The summed E-state index contributed by atoms with van der Waals surface area (Å²) in [6.07, 6.45) is -1.91. The number of aliphatic hydroxyl groups is 1. The molecule has 0 radical (unpaired) electrons. The topological polar surface area (TPSA) is 35.5 Å². The average molecular weight is 288 g/mol. The first kappa shape index (κ1) is 15.3. The van der Waals surface area contributed by atoms with Crippen molar-refractivity contribution < 1.29 is 18.3 Å². The lowest BCUT2D eigenvalue weighted by Crippen LogP contribution is -2.43. The summed E-state index contributed by atoms with van der Waals surface area (Å²) in [5.74, 6) is 0. The zero-order valence-corrected chi connectivity index (χ0v) is 11.2. The van der Waals surface area contributed by atoms with Gasteiger partial charge in [0.25, 0.3) is 0 Å². The largest absolute Gasteiger partial charge is 0.416 e. The number of rotatable bonds is 4. The zero-order valence-electron chi connectivity index (χ0n) is 11.2. The lowest BCUT2D eigenvalue weighted by Gasteiger charge is -2.28. The summed E-state index contributed by atoms with van der Waals surface area (Å²) in [7, 11) is 0. The zero-order chi connectivity index (χ0) is 14.6. The lowest BCUT2D eigenvalue weighted by molar-refractivity contribution is -0.137. The van der Waals surface area contributed by atoms with Crippen molar-refractivity contribution in [3.8, 4) is 0 Å². The maximum atomic E-state index is 12.6. The molecule has 1 fully saturated rings. The first-order valence-electron chi connectivity index (χ1n) is 6.80. The number of hydrazine groups is 1. The SMILES string of the molecule is OC(CNN1CCCCC1)c1cccc(C(F)(F)F)c1. The van der Waals surface area contributed by atoms with Crippen LogP contribution < -0.4 is 5.43 Å². The molecule has 0 amide bonds. The van der Waals surface area contributed by atoms with Crippen LogP contribution in [0.3, 0.4) is 0 Å². The van der Waals surface area contributed by atoms with Gasteiger partial charge in [-0.3, -0.25) is 5.43 Å². The minimum absolute atomic E-state index is 0.224. The van der Waals surface area contributed by atoms with Crippen LogP contribution in [0.15, 0.2) is 24.3 Å². The first-order chi connectivity index (χ1) is 9.47. The molecular formula is C14H19F3N2O. The van der Waals surface area contributed by atoms with E-state index in [9.17, 15) is 18.3 Å². The summed E-state index contributed by atoms with van der Waals surface area (Å²) in [6.45, 7) is 2.05. The molecule has 1 saturated heterocycles. The Morgan fingerprint density at radius 1 is 1.20 bits per heavy atom. The third-order valence-corrected chi connectivity index (χ3v) is 3.46. The molecule has 1 aromatic carbocycles. The standard InChI is InChI=1S/C14H19F3N2O/c15-14(16,17)12-6-4-5-11(9-12)13(20)10-18-19-7-2-1-3-8-19/h4-6,9,13,18,20H,1-3,7-8,10H2. The minimum Gasteiger partial charge on any atom is -0.387 e. The Kier molecular flexibility index (Phi) is 5.01. The highest BCUT2D eigenvalue weighted by molar-refractivity contribution is 5.27. The van der Waals surface area contributed by atoms with Crippen LogP contribution in [-0.4, -0.2) is 29.7 Å². The normalized spacial score (nSPS) is 19.0. The molecule has 112 valence electrons. The molecule has 1 atom stereocenters. The van der Waals surface area contributed by atoms with Gasteiger partial charge in [-0.05, 0) is 30.5 Å². The van der Waals surface area contributed by atoms with Crippen LogP contribution in [0.4, 0.5) is 13.2 Å². The summed E-state index contributed by atoms with van der Waals surface area (Å²) in [5, 5.41) is 12.0. The smallest absolute Gasteiger partial charge is 0.387 e. The molecule has 1 aliphatic heterocycles. The van der Waals surface area contributed by atoms with Gasteiger partial charge in [0, 0.05) is 19.6 Å². The van der Waals surface area contributed by atoms with E-state index in [4.69, 9.17) is 0 Å². The summed E-state index contributed by atoms with van der Waals surface area (Å²) in [4.78, 5) is 0. The maximum Gasteiger partial charge on any atom is 0.416 e. The van der Waals surface area contributed by atoms with Gasteiger partial charge >= 0.3 is 6.18 Å². The molecule has 2 rings (SSSR count). The third kappa shape index (κ3) is 4.19. The molecule has 0 bridgehead atoms. The van der Waals surface area contributed by atoms with Crippen molar-refractivity contribution in [1.29, 1.82) is 0 Å². The lowest BCUT2D eigenvalue weighted by atomic mass is 10.1. The van der Waals surface area contributed by atoms with Crippen molar-refractivity contribution in [1.82, 2.24) is 10.4 Å². The number of benzene rings is 1. The number of alkyl halides is 3. The van der Waals surface area contributed by atoms with E-state index in [2.05, 4.69) is 5.43 Å². The van der Waals surface area contributed by atoms with E-state index in [0.717, 1.165) is 38.1 Å². The van der Waals surface area contributed by atoms with Crippen LogP contribution in [0.5, 0.6) is 0 Å². The van der Waals surface area contributed by atoms with Crippen molar-refractivity contribution >= 4 is 0 Å². The molecule has 3 nitrogen and oxygen atoms in total. The van der Waals surface area contributed by atoms with E-state index in [1.807, 2.05) is 5.01 Å². The van der Waals surface area contributed by atoms with Gasteiger partial charge in [-0.25, -0.2) is 5.01 Å². The molecule has 1 aliphatic rings. The second-order valence-corrected chi connectivity index (χ2v) is 5.05. The van der Waals surface area contributed by atoms with Crippen molar-refractivity contribution in [3.63, 3.8) is 0 Å². The number of nitrogens with one attached hydrogen (secondary N) is 1. The molecule has 2 N–H and O–H groups in total. The highest BCUT2D eigenvalue weighted by Gasteiger charge is 2.30. The Hall–Kier alpha value is -1.11. The molecule has 0 aliphatic carbocycles. The van der Waals surface area contributed by atoms with Gasteiger partial charge in [0.05, 0.1) is 11.7 Å². The van der Waals surface area contributed by atoms with Gasteiger partial charge < -0.3 is 5.11 Å². The fraction of sp³-hybridized carbons (Fsp3) is 0.571. The maximum absolute atomic E-state index is 12.6. The monoisotopic (exact) mass is 288 g/mol. The number of hydrogen-bond acceptors (Lipinski definition) is 3. The average Bonchev–Trinajstić information content (AvgIpc) is 2.45. The first-order valence-corrected chi connectivity index (χ1v) is 6.80. The number of nitrogens with zero attached hydrogens (tertiary/aromatic N) is 1. The Labute approximate surface area is 116 Å². The third-order valence-electron chi connectivity index (χ3n) is 3.46. The Morgan fingerprint density at radius 3 is 2.55 bits per heavy atom. The van der Waals surface area contributed by atoms with Crippen LogP contribution >= 0.6 is 0 Å². The van der Waals surface area contributed by atoms with Gasteiger partial charge in [-0.2, -0.15) is 13.2 Å². The predicted molar refractivity (Wildman–Crippen MR) is 69.8 cm³/mol. The fourth-order valence-electron chi connectivity index (χ4n) is 2.31. The van der Waals surface area contributed by atoms with Crippen LogP contribution in [0, 0.1) is 0 Å². The van der Waals surface area contributed by atoms with E-state index < -0.39 is 17.8 Å². The number of hydrogen-bond donors (Lipinski definition) is 2. The highest BCUT2D eigenvalue weighted by Crippen LogP contribution is 2.30. The Morgan fingerprint density at radius 2 is 1.90 bits per heavy atom. The molecule has 0 spiro atoms. The Balaban J connectivity index is 1.93. The molecule has 6 heteroatoms. The number of aliphatic hydroxyl groups excluding tert-OH is 1. The summed E-state index contributed by atoms with van der Waals surface area (Å²) in [5.41, 5.74) is 2.63. The van der Waals surface area contributed by atoms with Crippen LogP contribution in [0.25, 0.3) is 0 Å².